The van der Waals surface area contributed by atoms with E-state index >= 15 is 0 Å². The predicted molar refractivity (Wildman–Crippen MR) is 84.0 cm³/mol. The van der Waals surface area contributed by atoms with Crippen LogP contribution in [0, 0.1) is 5.92 Å². The molecule has 1 fully saturated rings. The van der Waals surface area contributed by atoms with Crippen molar-refractivity contribution in [2.45, 2.75) is 44.6 Å². The quantitative estimate of drug-likeness (QED) is 0.887. The Hall–Kier alpha value is -1.51. The molecule has 0 radical (unpaired) electrons. The highest BCUT2D eigenvalue weighted by atomic mass is 15.2. The standard InChI is InChI=1S/C17H25N3/c1-13-11-18-17(20-13)19-12-15-9-5-6-10-16(15)14-7-3-2-4-8-14/h2-4,7-8,13,15-16H,5-6,9-12H2,1H3,(H2,18,19,20). The molecule has 0 aromatic heterocycles. The number of nitrogens with zero attached hydrogens (tertiary/aromatic N) is 1. The fraction of sp³-hybridized carbons (Fsp3) is 0.588. The van der Waals surface area contributed by atoms with E-state index in [4.69, 9.17) is 0 Å². The van der Waals surface area contributed by atoms with Gasteiger partial charge in [0.2, 0.25) is 0 Å². The van der Waals surface area contributed by atoms with Crippen molar-refractivity contribution >= 4 is 5.96 Å². The molecule has 2 N–H and O–H groups in total. The molecule has 3 rings (SSSR count). The third-order valence-electron chi connectivity index (χ3n) is 4.57. The van der Waals surface area contributed by atoms with Crippen LogP contribution in [0.4, 0.5) is 0 Å². The molecule has 1 aliphatic carbocycles. The lowest BCUT2D eigenvalue weighted by Crippen LogP contribution is -2.41. The number of nitrogens with one attached hydrogen (secondary N) is 2. The molecule has 0 amide bonds. The van der Waals surface area contributed by atoms with Gasteiger partial charge in [-0.15, -0.1) is 0 Å². The highest BCUT2D eigenvalue weighted by Gasteiger charge is 2.26. The van der Waals surface area contributed by atoms with Gasteiger partial charge >= 0.3 is 0 Å². The minimum absolute atomic E-state index is 0.480. The second-order valence-corrected chi connectivity index (χ2v) is 6.18. The Morgan fingerprint density at radius 3 is 2.75 bits per heavy atom. The maximum absolute atomic E-state index is 4.49. The molecular formula is C17H25N3. The summed E-state index contributed by atoms with van der Waals surface area (Å²) in [5.74, 6) is 2.43. The molecule has 1 aromatic carbocycles. The second kappa shape index (κ2) is 6.29. The van der Waals surface area contributed by atoms with Crippen molar-refractivity contribution in [3.8, 4) is 0 Å². The molecule has 0 saturated heterocycles. The maximum atomic E-state index is 4.49. The first-order valence-electron chi connectivity index (χ1n) is 7.93. The van der Waals surface area contributed by atoms with Crippen LogP contribution in [-0.4, -0.2) is 25.1 Å². The first kappa shape index (κ1) is 13.5. The topological polar surface area (TPSA) is 36.4 Å². The monoisotopic (exact) mass is 271 g/mol. The summed E-state index contributed by atoms with van der Waals surface area (Å²) in [6.07, 6.45) is 5.39. The predicted octanol–water partition coefficient (Wildman–Crippen LogP) is 2.90. The van der Waals surface area contributed by atoms with Crippen LogP contribution in [0.5, 0.6) is 0 Å². The third kappa shape index (κ3) is 3.14. The van der Waals surface area contributed by atoms with E-state index in [1.165, 1.54) is 31.2 Å². The maximum Gasteiger partial charge on any atom is 0.191 e. The summed E-state index contributed by atoms with van der Waals surface area (Å²) in [7, 11) is 0. The molecule has 1 aliphatic heterocycles. The largest absolute Gasteiger partial charge is 0.356 e. The van der Waals surface area contributed by atoms with Crippen molar-refractivity contribution in [3.05, 3.63) is 35.9 Å². The van der Waals surface area contributed by atoms with Gasteiger partial charge in [-0.3, -0.25) is 4.99 Å². The van der Waals surface area contributed by atoms with Crippen LogP contribution in [0.3, 0.4) is 0 Å². The molecule has 3 nitrogen and oxygen atoms in total. The van der Waals surface area contributed by atoms with Crippen LogP contribution in [0.15, 0.2) is 35.3 Å². The fourth-order valence-corrected chi connectivity index (χ4v) is 3.48. The van der Waals surface area contributed by atoms with Crippen molar-refractivity contribution in [1.29, 1.82) is 0 Å². The van der Waals surface area contributed by atoms with E-state index in [1.807, 2.05) is 0 Å². The van der Waals surface area contributed by atoms with E-state index in [-0.39, 0.29) is 0 Å². The molecule has 3 heteroatoms. The molecule has 108 valence electrons. The summed E-state index contributed by atoms with van der Waals surface area (Å²) in [6, 6.07) is 11.5. The molecule has 3 atom stereocenters. The van der Waals surface area contributed by atoms with Gasteiger partial charge in [0, 0.05) is 12.6 Å². The zero-order chi connectivity index (χ0) is 13.8. The van der Waals surface area contributed by atoms with Gasteiger partial charge < -0.3 is 10.6 Å². The Balaban J connectivity index is 1.61. The molecule has 1 saturated carbocycles. The molecule has 3 unspecified atom stereocenters. The van der Waals surface area contributed by atoms with Crippen LogP contribution < -0.4 is 10.6 Å². The summed E-state index contributed by atoms with van der Waals surface area (Å²) < 4.78 is 0. The van der Waals surface area contributed by atoms with Gasteiger partial charge in [-0.25, -0.2) is 0 Å². The van der Waals surface area contributed by atoms with E-state index in [9.17, 15) is 0 Å². The third-order valence-corrected chi connectivity index (χ3v) is 4.57. The molecule has 0 spiro atoms. The molecule has 2 aliphatic rings. The number of hydrogen-bond donors (Lipinski definition) is 2. The minimum atomic E-state index is 0.480. The van der Waals surface area contributed by atoms with Crippen LogP contribution in [0.25, 0.3) is 0 Å². The van der Waals surface area contributed by atoms with Gasteiger partial charge in [0.05, 0.1) is 6.54 Å². The first-order valence-corrected chi connectivity index (χ1v) is 7.93. The van der Waals surface area contributed by atoms with E-state index < -0.39 is 0 Å². The zero-order valence-electron chi connectivity index (χ0n) is 12.3. The average Bonchev–Trinajstić information content (AvgIpc) is 2.92. The lowest BCUT2D eigenvalue weighted by atomic mass is 9.75. The van der Waals surface area contributed by atoms with Gasteiger partial charge in [-0.1, -0.05) is 43.2 Å². The summed E-state index contributed by atoms with van der Waals surface area (Å²) in [5, 5.41) is 6.91. The van der Waals surface area contributed by atoms with Gasteiger partial charge in [-0.2, -0.15) is 0 Å². The lowest BCUT2D eigenvalue weighted by molar-refractivity contribution is 0.306. The molecule has 1 heterocycles. The van der Waals surface area contributed by atoms with E-state index in [2.05, 4.69) is 52.9 Å². The van der Waals surface area contributed by atoms with Gasteiger partial charge in [0.15, 0.2) is 5.96 Å². The van der Waals surface area contributed by atoms with Gasteiger partial charge in [0.25, 0.3) is 0 Å². The summed E-state index contributed by atoms with van der Waals surface area (Å²) in [4.78, 5) is 4.49. The lowest BCUT2D eigenvalue weighted by Gasteiger charge is -2.32. The Bertz CT molecular complexity index is 455. The van der Waals surface area contributed by atoms with Crippen molar-refractivity contribution in [2.75, 3.05) is 13.1 Å². The van der Waals surface area contributed by atoms with Gasteiger partial charge in [-0.05, 0) is 37.2 Å². The molecule has 1 aromatic rings. The Morgan fingerprint density at radius 2 is 2.00 bits per heavy atom. The normalized spacial score (nSPS) is 29.6. The van der Waals surface area contributed by atoms with E-state index in [0.29, 0.717) is 12.0 Å². The van der Waals surface area contributed by atoms with Gasteiger partial charge in [0.1, 0.15) is 0 Å². The molecular weight excluding hydrogens is 246 g/mol. The Morgan fingerprint density at radius 1 is 1.20 bits per heavy atom. The molecule has 0 bridgehead atoms. The SMILES string of the molecule is CC1CN=C(NCC2CCCCC2c2ccccc2)N1. The second-order valence-electron chi connectivity index (χ2n) is 6.18. The number of aliphatic imine (C=N–C) groups is 1. The summed E-state index contributed by atoms with van der Waals surface area (Å²) >= 11 is 0. The van der Waals surface area contributed by atoms with Crippen molar-refractivity contribution in [3.63, 3.8) is 0 Å². The minimum Gasteiger partial charge on any atom is -0.356 e. The van der Waals surface area contributed by atoms with Crippen LogP contribution in [-0.2, 0) is 0 Å². The number of rotatable bonds is 3. The van der Waals surface area contributed by atoms with Crippen LogP contribution in [0.2, 0.25) is 0 Å². The van der Waals surface area contributed by atoms with Crippen LogP contribution in [0.1, 0.15) is 44.1 Å². The van der Waals surface area contributed by atoms with Crippen molar-refractivity contribution < 1.29 is 0 Å². The van der Waals surface area contributed by atoms with Crippen LogP contribution >= 0.6 is 0 Å². The Labute approximate surface area is 121 Å². The van der Waals surface area contributed by atoms with Crippen molar-refractivity contribution in [2.24, 2.45) is 10.9 Å². The first-order chi connectivity index (χ1) is 9.83. The van der Waals surface area contributed by atoms with E-state index in [1.54, 1.807) is 0 Å². The summed E-state index contributed by atoms with van der Waals surface area (Å²) in [5.41, 5.74) is 1.51. The average molecular weight is 271 g/mol. The summed E-state index contributed by atoms with van der Waals surface area (Å²) in [6.45, 7) is 4.11. The number of hydrogen-bond acceptors (Lipinski definition) is 3. The van der Waals surface area contributed by atoms with Crippen molar-refractivity contribution in [1.82, 2.24) is 10.6 Å². The highest BCUT2D eigenvalue weighted by Crippen LogP contribution is 2.37. The number of benzene rings is 1. The zero-order valence-corrected chi connectivity index (χ0v) is 12.3. The van der Waals surface area contributed by atoms with E-state index in [0.717, 1.165) is 25.0 Å². The smallest absolute Gasteiger partial charge is 0.191 e. The Kier molecular flexibility index (Phi) is 4.24. The fourth-order valence-electron chi connectivity index (χ4n) is 3.48. The number of guanidine groups is 1. The highest BCUT2D eigenvalue weighted by molar-refractivity contribution is 5.81. The molecule has 20 heavy (non-hydrogen) atoms.